The molecule has 4 aliphatic heterocycles. The average molecular weight is 977 g/mol. The summed E-state index contributed by atoms with van der Waals surface area (Å²) in [5.74, 6) is -1.97. The quantitative estimate of drug-likeness (QED) is 0.216. The van der Waals surface area contributed by atoms with Crippen LogP contribution in [0.25, 0.3) is 0 Å². The van der Waals surface area contributed by atoms with E-state index in [2.05, 4.69) is 19.4 Å². The Morgan fingerprint density at radius 1 is 0.353 bits per heavy atom. The number of nitrogens with zero attached hydrogens (tertiary/aromatic N) is 6. The lowest BCUT2D eigenvalue weighted by molar-refractivity contribution is -0.354. The molecule has 0 atom stereocenters. The van der Waals surface area contributed by atoms with E-state index in [-0.39, 0.29) is 36.2 Å². The lowest BCUT2D eigenvalue weighted by Gasteiger charge is -2.47. The van der Waals surface area contributed by atoms with Crippen molar-refractivity contribution in [2.24, 2.45) is 0 Å². The largest absolute Gasteiger partial charge is 0.333 e. The number of hydrogen-bond donors (Lipinski definition) is 4. The smallest absolute Gasteiger partial charge is 0.326 e. The van der Waals surface area contributed by atoms with Crippen LogP contribution in [0.1, 0.15) is 190 Å². The molecule has 0 aromatic heterocycles. The molecule has 68 heavy (non-hydrogen) atoms. The molecular formula is C46H84N6O16. The van der Waals surface area contributed by atoms with Gasteiger partial charge in [0.2, 0.25) is 0 Å². The lowest BCUT2D eigenvalue weighted by atomic mass is 9.81. The van der Waals surface area contributed by atoms with E-state index in [1.807, 2.05) is 111 Å². The second-order valence-electron chi connectivity index (χ2n) is 22.8. The van der Waals surface area contributed by atoms with Gasteiger partial charge in [0.05, 0.1) is 13.1 Å². The number of carbonyl (C=O) groups is 8. The SMILES string of the molecule is CC(=O)ON(CCN(OC(C)=O)OC(C)=O)OC(C)=O.CC1(C)CC(=O)CC(C)(C)N1O.CC1(C)CC(=O)CC(C)(C)N1O.CC1(C)CC(=O)CC(C)(C)N1O.CC1(C)CC(=O)CC(C)(C)N1O. The predicted molar refractivity (Wildman–Crippen MR) is 245 cm³/mol. The molecular weight excluding hydrogens is 893 g/mol. The number of piperidine rings is 4. The van der Waals surface area contributed by atoms with E-state index >= 15 is 0 Å². The first-order valence-electron chi connectivity index (χ1n) is 22.6. The van der Waals surface area contributed by atoms with Gasteiger partial charge in [0.25, 0.3) is 0 Å². The van der Waals surface area contributed by atoms with Gasteiger partial charge >= 0.3 is 23.9 Å². The fourth-order valence-corrected chi connectivity index (χ4v) is 8.94. The van der Waals surface area contributed by atoms with Gasteiger partial charge in [-0.25, -0.2) is 0 Å². The van der Waals surface area contributed by atoms with Gasteiger partial charge in [-0.05, 0) is 111 Å². The number of rotatable bonds is 7. The first-order valence-corrected chi connectivity index (χ1v) is 22.6. The summed E-state index contributed by atoms with van der Waals surface area (Å²) in [7, 11) is 0. The Bertz CT molecular complexity index is 1480. The summed E-state index contributed by atoms with van der Waals surface area (Å²) in [5, 5.41) is 45.4. The van der Waals surface area contributed by atoms with Crippen molar-refractivity contribution < 1.29 is 78.5 Å². The van der Waals surface area contributed by atoms with Crippen LogP contribution >= 0.6 is 0 Å². The van der Waals surface area contributed by atoms with Crippen LogP contribution in [-0.2, 0) is 57.7 Å². The fraction of sp³-hybridized carbons (Fsp3) is 0.826. The Morgan fingerprint density at radius 2 is 0.471 bits per heavy atom. The highest BCUT2D eigenvalue weighted by Gasteiger charge is 2.47. The summed E-state index contributed by atoms with van der Waals surface area (Å²) >= 11 is 0. The molecule has 0 aromatic carbocycles. The van der Waals surface area contributed by atoms with Gasteiger partial charge in [0.15, 0.2) is 0 Å². The lowest BCUT2D eigenvalue weighted by Crippen LogP contribution is -2.59. The van der Waals surface area contributed by atoms with Crippen molar-refractivity contribution in [3.8, 4) is 0 Å². The normalized spacial score (nSPS) is 23.4. The molecule has 0 unspecified atom stereocenters. The third-order valence-corrected chi connectivity index (χ3v) is 11.0. The molecule has 0 radical (unpaired) electrons. The number of Topliss-reactive ketones (excluding diaryl/α,β-unsaturated/α-hetero) is 4. The molecule has 4 aliphatic rings. The molecule has 394 valence electrons. The van der Waals surface area contributed by atoms with E-state index in [4.69, 9.17) is 0 Å². The molecule has 4 fully saturated rings. The first kappa shape index (κ1) is 64.2. The van der Waals surface area contributed by atoms with Crippen LogP contribution in [0.15, 0.2) is 0 Å². The van der Waals surface area contributed by atoms with Gasteiger partial charge in [-0.15, -0.1) is 0 Å². The van der Waals surface area contributed by atoms with Crippen molar-refractivity contribution in [3.63, 3.8) is 0 Å². The molecule has 22 heteroatoms. The molecule has 0 amide bonds. The number of hydroxylamine groups is 12. The van der Waals surface area contributed by atoms with Crippen LogP contribution < -0.4 is 0 Å². The highest BCUT2D eigenvalue weighted by atomic mass is 17.0. The summed E-state index contributed by atoms with van der Waals surface area (Å²) in [5.41, 5.74) is -3.34. The minimum atomic E-state index is -0.724. The Hall–Kier alpha value is -3.84. The molecule has 4 N–H and O–H groups in total. The number of ketones is 4. The molecule has 22 nitrogen and oxygen atoms in total. The molecule has 0 aliphatic carbocycles. The maximum absolute atomic E-state index is 11.3. The highest BCUT2D eigenvalue weighted by molar-refractivity contribution is 5.83. The molecule has 0 saturated carbocycles. The van der Waals surface area contributed by atoms with Crippen LogP contribution in [0.4, 0.5) is 0 Å². The van der Waals surface area contributed by atoms with E-state index in [9.17, 15) is 59.2 Å². The summed E-state index contributed by atoms with van der Waals surface area (Å²) in [6, 6.07) is 0. The maximum atomic E-state index is 11.3. The van der Waals surface area contributed by atoms with Gasteiger partial charge < -0.3 is 40.2 Å². The molecule has 4 saturated heterocycles. The molecule has 0 aromatic rings. The second kappa shape index (κ2) is 24.3. The fourth-order valence-electron chi connectivity index (χ4n) is 8.94. The van der Waals surface area contributed by atoms with Gasteiger partial charge in [0, 0.05) is 134 Å². The van der Waals surface area contributed by atoms with Crippen LogP contribution in [0, 0.1) is 0 Å². The van der Waals surface area contributed by atoms with Crippen LogP contribution in [0.2, 0.25) is 0 Å². The van der Waals surface area contributed by atoms with E-state index in [0.29, 0.717) is 61.8 Å². The standard InChI is InChI=1S/C10H16N2O8.4C9H17NO2/c1-7(13)17-11(18-8(2)14)5-6-12(19-9(3)15)20-10(4)16;4*1-8(2)5-7(11)6-9(3,4)10(8)12/h5-6H2,1-4H3;4*12H,5-6H2,1-4H3. The van der Waals surface area contributed by atoms with Crippen LogP contribution in [-0.4, -0.2) is 156 Å². The monoisotopic (exact) mass is 977 g/mol. The van der Waals surface area contributed by atoms with E-state index in [1.54, 1.807) is 0 Å². The van der Waals surface area contributed by atoms with E-state index in [0.717, 1.165) is 27.7 Å². The van der Waals surface area contributed by atoms with Gasteiger partial charge in [-0.3, -0.25) is 38.4 Å². The molecule has 4 rings (SSSR count). The van der Waals surface area contributed by atoms with Gasteiger partial charge in [-0.2, -0.15) is 20.3 Å². The Labute approximate surface area is 402 Å². The number of carbonyl (C=O) groups excluding carboxylic acids is 8. The van der Waals surface area contributed by atoms with Crippen molar-refractivity contribution >= 4 is 47.0 Å². The second-order valence-corrected chi connectivity index (χ2v) is 22.8. The Kier molecular flexibility index (Phi) is 23.0. The Morgan fingerprint density at radius 3 is 0.574 bits per heavy atom. The van der Waals surface area contributed by atoms with Crippen molar-refractivity contribution in [2.75, 3.05) is 13.1 Å². The zero-order valence-corrected chi connectivity index (χ0v) is 44.4. The first-order chi connectivity index (χ1) is 30.2. The summed E-state index contributed by atoms with van der Waals surface area (Å²) < 4.78 is 0. The van der Waals surface area contributed by atoms with Crippen LogP contribution in [0.3, 0.4) is 0 Å². The van der Waals surface area contributed by atoms with Crippen LogP contribution in [0.5, 0.6) is 0 Å². The Balaban J connectivity index is 0.000000839. The van der Waals surface area contributed by atoms with Crippen molar-refractivity contribution in [1.82, 2.24) is 30.7 Å². The topological polar surface area (TPSA) is 274 Å². The molecule has 0 bridgehead atoms. The zero-order chi connectivity index (χ0) is 54.0. The molecule has 0 spiro atoms. The minimum absolute atomic E-state index is 0.223. The van der Waals surface area contributed by atoms with E-state index in [1.165, 1.54) is 20.3 Å². The average Bonchev–Trinajstić information content (AvgIpc) is 3.08. The minimum Gasteiger partial charge on any atom is -0.333 e. The summed E-state index contributed by atoms with van der Waals surface area (Å²) in [4.78, 5) is 107. The van der Waals surface area contributed by atoms with Crippen molar-refractivity contribution in [3.05, 3.63) is 0 Å². The zero-order valence-electron chi connectivity index (χ0n) is 44.4. The molecule has 4 heterocycles. The predicted octanol–water partition coefficient (Wildman–Crippen LogP) is 5.89. The number of hydrogen-bond acceptors (Lipinski definition) is 22. The summed E-state index contributed by atoms with van der Waals surface area (Å²) in [6.45, 7) is 34.1. The van der Waals surface area contributed by atoms with E-state index < -0.39 is 68.2 Å². The maximum Gasteiger partial charge on any atom is 0.326 e. The third-order valence-electron chi connectivity index (χ3n) is 11.0. The summed E-state index contributed by atoms with van der Waals surface area (Å²) in [6.07, 6.45) is 3.50. The van der Waals surface area contributed by atoms with Gasteiger partial charge in [0.1, 0.15) is 23.1 Å². The van der Waals surface area contributed by atoms with Crippen molar-refractivity contribution in [1.29, 1.82) is 0 Å². The van der Waals surface area contributed by atoms with Gasteiger partial charge in [-0.1, -0.05) is 0 Å². The highest BCUT2D eigenvalue weighted by Crippen LogP contribution is 2.37. The van der Waals surface area contributed by atoms with Crippen molar-refractivity contribution in [2.45, 2.75) is 234 Å². The third kappa shape index (κ3) is 21.0.